The largest absolute Gasteiger partial charge is 0.502 e. The van der Waals surface area contributed by atoms with E-state index in [0.717, 1.165) is 30.3 Å². The summed E-state index contributed by atoms with van der Waals surface area (Å²) in [6.45, 7) is 0. The Morgan fingerprint density at radius 3 is 2.52 bits per heavy atom. The zero-order chi connectivity index (χ0) is 15.6. The van der Waals surface area contributed by atoms with Gasteiger partial charge in [-0.2, -0.15) is 0 Å². The number of aromatic hydroxyl groups is 1. The minimum Gasteiger partial charge on any atom is -0.502 e. The van der Waals surface area contributed by atoms with E-state index in [9.17, 15) is 28.0 Å². The number of nitro benzene ring substituents is 1. The molecule has 0 spiro atoms. The summed E-state index contributed by atoms with van der Waals surface area (Å²) < 4.78 is 39.2. The number of nitro groups is 1. The number of sulfonamides is 1. The van der Waals surface area contributed by atoms with Gasteiger partial charge in [0.25, 0.3) is 10.0 Å². The molecule has 0 aliphatic rings. The third-order valence-electron chi connectivity index (χ3n) is 2.53. The Morgan fingerprint density at radius 2 is 1.90 bits per heavy atom. The maximum absolute atomic E-state index is 13.0. The molecular formula is C12H9FN2O5S. The fourth-order valence-corrected chi connectivity index (χ4v) is 2.65. The lowest BCUT2D eigenvalue weighted by Crippen LogP contribution is -2.13. The van der Waals surface area contributed by atoms with Gasteiger partial charge in [0, 0.05) is 6.07 Å². The highest BCUT2D eigenvalue weighted by Gasteiger charge is 2.21. The van der Waals surface area contributed by atoms with Crippen molar-refractivity contribution >= 4 is 21.4 Å². The topological polar surface area (TPSA) is 110 Å². The molecule has 0 saturated carbocycles. The average molecular weight is 312 g/mol. The van der Waals surface area contributed by atoms with Crippen LogP contribution in [-0.2, 0) is 10.0 Å². The van der Waals surface area contributed by atoms with Gasteiger partial charge in [0.05, 0.1) is 15.5 Å². The Labute approximate surface area is 118 Å². The first-order valence-electron chi connectivity index (χ1n) is 5.55. The number of hydrogen-bond donors (Lipinski definition) is 2. The minimum atomic E-state index is -4.14. The van der Waals surface area contributed by atoms with Crippen molar-refractivity contribution in [1.29, 1.82) is 0 Å². The van der Waals surface area contributed by atoms with Crippen LogP contribution in [0.15, 0.2) is 47.4 Å². The van der Waals surface area contributed by atoms with E-state index in [0.29, 0.717) is 0 Å². The van der Waals surface area contributed by atoms with Crippen molar-refractivity contribution < 1.29 is 22.8 Å². The molecule has 0 atom stereocenters. The van der Waals surface area contributed by atoms with E-state index >= 15 is 0 Å². The number of nitrogens with one attached hydrogen (secondary N) is 1. The molecule has 2 rings (SSSR count). The third-order valence-corrected chi connectivity index (χ3v) is 3.91. The fourth-order valence-electron chi connectivity index (χ4n) is 1.58. The van der Waals surface area contributed by atoms with Gasteiger partial charge >= 0.3 is 5.69 Å². The van der Waals surface area contributed by atoms with Crippen molar-refractivity contribution in [3.63, 3.8) is 0 Å². The van der Waals surface area contributed by atoms with Crippen molar-refractivity contribution in [3.8, 4) is 5.75 Å². The Balaban J connectivity index is 2.40. The van der Waals surface area contributed by atoms with E-state index in [4.69, 9.17) is 0 Å². The van der Waals surface area contributed by atoms with Crippen LogP contribution in [0.5, 0.6) is 5.75 Å². The van der Waals surface area contributed by atoms with Gasteiger partial charge in [-0.3, -0.25) is 14.8 Å². The lowest BCUT2D eigenvalue weighted by atomic mass is 10.3. The Bertz CT molecular complexity index is 807. The summed E-state index contributed by atoms with van der Waals surface area (Å²) in [5.74, 6) is -1.28. The first-order chi connectivity index (χ1) is 9.79. The first-order valence-corrected chi connectivity index (χ1v) is 7.04. The molecule has 2 N–H and O–H groups in total. The van der Waals surface area contributed by atoms with Crippen LogP contribution in [0.4, 0.5) is 15.8 Å². The number of phenolic OH excluding ortho intramolecular Hbond substituents is 1. The van der Waals surface area contributed by atoms with Gasteiger partial charge in [-0.25, -0.2) is 12.8 Å². The Hall–Kier alpha value is -2.68. The van der Waals surface area contributed by atoms with Gasteiger partial charge in [0.1, 0.15) is 5.82 Å². The zero-order valence-electron chi connectivity index (χ0n) is 10.4. The van der Waals surface area contributed by atoms with Crippen LogP contribution in [0.25, 0.3) is 0 Å². The summed E-state index contributed by atoms with van der Waals surface area (Å²) in [7, 11) is -4.14. The van der Waals surface area contributed by atoms with Crippen LogP contribution >= 0.6 is 0 Å². The Kier molecular flexibility index (Phi) is 3.76. The van der Waals surface area contributed by atoms with E-state index < -0.39 is 37.1 Å². The molecule has 2 aromatic carbocycles. The molecule has 0 saturated heterocycles. The standard InChI is InChI=1S/C12H9FN2O5S/c13-8-2-1-3-9(6-8)14-21(19,20)10-4-5-12(16)11(7-10)15(17)18/h1-7,14,16H. The SMILES string of the molecule is O=[N+]([O-])c1cc(S(=O)(=O)Nc2cccc(F)c2)ccc1O. The molecule has 2 aromatic rings. The summed E-state index contributed by atoms with van der Waals surface area (Å²) in [6.07, 6.45) is 0. The van der Waals surface area contributed by atoms with Gasteiger partial charge in [-0.15, -0.1) is 0 Å². The second-order valence-corrected chi connectivity index (χ2v) is 5.71. The zero-order valence-corrected chi connectivity index (χ0v) is 11.2. The summed E-state index contributed by atoms with van der Waals surface area (Å²) in [5, 5.41) is 20.0. The number of hydrogen-bond acceptors (Lipinski definition) is 5. The number of benzene rings is 2. The average Bonchev–Trinajstić information content (AvgIpc) is 2.38. The molecule has 0 amide bonds. The number of phenols is 1. The lowest BCUT2D eigenvalue weighted by molar-refractivity contribution is -0.386. The predicted molar refractivity (Wildman–Crippen MR) is 72.0 cm³/mol. The normalized spacial score (nSPS) is 11.1. The van der Waals surface area contributed by atoms with Crippen molar-refractivity contribution in [1.82, 2.24) is 0 Å². The van der Waals surface area contributed by atoms with Crippen LogP contribution in [0, 0.1) is 15.9 Å². The molecular weight excluding hydrogens is 303 g/mol. The molecule has 0 aliphatic heterocycles. The molecule has 0 heterocycles. The molecule has 0 radical (unpaired) electrons. The van der Waals surface area contributed by atoms with Gasteiger partial charge in [-0.05, 0) is 30.3 Å². The summed E-state index contributed by atoms with van der Waals surface area (Å²) in [6, 6.07) is 7.37. The maximum Gasteiger partial charge on any atom is 0.312 e. The highest BCUT2D eigenvalue weighted by molar-refractivity contribution is 7.92. The highest BCUT2D eigenvalue weighted by atomic mass is 32.2. The number of halogens is 1. The van der Waals surface area contributed by atoms with Crippen molar-refractivity contribution in [2.75, 3.05) is 4.72 Å². The van der Waals surface area contributed by atoms with Crippen molar-refractivity contribution in [2.24, 2.45) is 0 Å². The molecule has 0 fully saturated rings. The second-order valence-electron chi connectivity index (χ2n) is 4.02. The fraction of sp³-hybridized carbons (Fsp3) is 0. The van der Waals surface area contributed by atoms with Crippen molar-refractivity contribution in [2.45, 2.75) is 4.90 Å². The number of nitrogens with zero attached hydrogens (tertiary/aromatic N) is 1. The summed E-state index contributed by atoms with van der Waals surface area (Å²) in [5.41, 5.74) is -0.761. The minimum absolute atomic E-state index is 0.0225. The monoisotopic (exact) mass is 312 g/mol. The highest BCUT2D eigenvalue weighted by Crippen LogP contribution is 2.29. The van der Waals surface area contributed by atoms with E-state index in [1.54, 1.807) is 0 Å². The van der Waals surface area contributed by atoms with Crippen LogP contribution in [0.3, 0.4) is 0 Å². The molecule has 0 aliphatic carbocycles. The molecule has 110 valence electrons. The summed E-state index contributed by atoms with van der Waals surface area (Å²) >= 11 is 0. The lowest BCUT2D eigenvalue weighted by Gasteiger charge is -2.08. The molecule has 0 bridgehead atoms. The number of anilines is 1. The molecule has 7 nitrogen and oxygen atoms in total. The van der Waals surface area contributed by atoms with Crippen LogP contribution in [-0.4, -0.2) is 18.4 Å². The molecule has 9 heteroatoms. The van der Waals surface area contributed by atoms with E-state index in [1.807, 2.05) is 0 Å². The van der Waals surface area contributed by atoms with Gasteiger partial charge in [0.2, 0.25) is 0 Å². The maximum atomic E-state index is 13.0. The quantitative estimate of drug-likeness (QED) is 0.664. The van der Waals surface area contributed by atoms with Gasteiger partial charge < -0.3 is 5.11 Å². The number of rotatable bonds is 4. The molecule has 21 heavy (non-hydrogen) atoms. The van der Waals surface area contributed by atoms with Crippen molar-refractivity contribution in [3.05, 3.63) is 58.4 Å². The summed E-state index contributed by atoms with van der Waals surface area (Å²) in [4.78, 5) is 9.36. The predicted octanol–water partition coefficient (Wildman–Crippen LogP) is 2.24. The van der Waals surface area contributed by atoms with E-state index in [1.165, 1.54) is 12.1 Å². The Morgan fingerprint density at radius 1 is 1.19 bits per heavy atom. The van der Waals surface area contributed by atoms with Gasteiger partial charge in [0.15, 0.2) is 5.75 Å². The second kappa shape index (κ2) is 5.37. The molecule has 0 unspecified atom stereocenters. The molecule has 0 aromatic heterocycles. The van der Waals surface area contributed by atoms with Gasteiger partial charge in [-0.1, -0.05) is 6.07 Å². The third kappa shape index (κ3) is 3.26. The van der Waals surface area contributed by atoms with E-state index in [-0.39, 0.29) is 5.69 Å². The first kappa shape index (κ1) is 14.7. The van der Waals surface area contributed by atoms with Crippen LogP contribution < -0.4 is 4.72 Å². The van der Waals surface area contributed by atoms with Crippen LogP contribution in [0.2, 0.25) is 0 Å². The van der Waals surface area contributed by atoms with E-state index in [2.05, 4.69) is 4.72 Å². The van der Waals surface area contributed by atoms with Crippen LogP contribution in [0.1, 0.15) is 0 Å². The smallest absolute Gasteiger partial charge is 0.312 e.